The molecule has 0 aliphatic carbocycles. The molecule has 1 aromatic heterocycles. The number of nitrogens with one attached hydrogen (secondary N) is 2. The van der Waals surface area contributed by atoms with Gasteiger partial charge in [-0.05, 0) is 49.2 Å². The zero-order chi connectivity index (χ0) is 21.6. The molecule has 7 nitrogen and oxygen atoms in total. The van der Waals surface area contributed by atoms with Gasteiger partial charge >= 0.3 is 0 Å². The molecular weight excluding hydrogens is 390 g/mol. The topological polar surface area (TPSA) is 87.2 Å². The van der Waals surface area contributed by atoms with Crippen LogP contribution in [0.25, 0.3) is 11.3 Å². The van der Waals surface area contributed by atoms with Crippen molar-refractivity contribution in [3.05, 3.63) is 66.7 Å². The molecule has 1 saturated heterocycles. The molecule has 1 unspecified atom stereocenters. The summed E-state index contributed by atoms with van der Waals surface area (Å²) in [4.78, 5) is 26.0. The third kappa shape index (κ3) is 5.25. The van der Waals surface area contributed by atoms with E-state index >= 15 is 0 Å². The van der Waals surface area contributed by atoms with E-state index in [0.29, 0.717) is 17.9 Å². The summed E-state index contributed by atoms with van der Waals surface area (Å²) in [7, 11) is 0. The first-order chi connectivity index (χ1) is 15.1. The number of rotatable bonds is 5. The van der Waals surface area contributed by atoms with E-state index in [4.69, 9.17) is 0 Å². The van der Waals surface area contributed by atoms with Gasteiger partial charge < -0.3 is 15.5 Å². The van der Waals surface area contributed by atoms with Crippen LogP contribution in [0, 0.1) is 5.92 Å². The summed E-state index contributed by atoms with van der Waals surface area (Å²) in [6.45, 7) is 2.92. The summed E-state index contributed by atoms with van der Waals surface area (Å²) in [5.41, 5.74) is 3.27. The van der Waals surface area contributed by atoms with Crippen LogP contribution in [-0.4, -0.2) is 35.1 Å². The first-order valence-electron chi connectivity index (χ1n) is 10.4. The molecule has 1 atom stereocenters. The smallest absolute Gasteiger partial charge is 0.229 e. The normalized spacial score (nSPS) is 15.9. The fraction of sp³-hybridized carbons (Fsp3) is 0.250. The number of nitrogens with zero attached hydrogens (tertiary/aromatic N) is 3. The van der Waals surface area contributed by atoms with Gasteiger partial charge in [0.15, 0.2) is 5.82 Å². The Balaban J connectivity index is 1.37. The largest absolute Gasteiger partial charge is 0.354 e. The molecule has 4 rings (SSSR count). The highest BCUT2D eigenvalue weighted by Gasteiger charge is 2.27. The van der Waals surface area contributed by atoms with E-state index in [0.717, 1.165) is 36.5 Å². The minimum absolute atomic E-state index is 0.00848. The first-order valence-corrected chi connectivity index (χ1v) is 10.4. The van der Waals surface area contributed by atoms with Crippen LogP contribution in [0.2, 0.25) is 0 Å². The Morgan fingerprint density at radius 1 is 0.903 bits per heavy atom. The van der Waals surface area contributed by atoms with Gasteiger partial charge in [0, 0.05) is 37.0 Å². The molecular formula is C24H25N5O2. The average Bonchev–Trinajstić information content (AvgIpc) is 2.81. The first kappa shape index (κ1) is 20.5. The number of hydrogen-bond acceptors (Lipinski definition) is 5. The van der Waals surface area contributed by atoms with E-state index in [2.05, 4.69) is 25.7 Å². The molecule has 0 bridgehead atoms. The Kier molecular flexibility index (Phi) is 6.21. The van der Waals surface area contributed by atoms with Gasteiger partial charge in [-0.25, -0.2) is 0 Å². The molecule has 7 heteroatoms. The van der Waals surface area contributed by atoms with Crippen molar-refractivity contribution in [2.45, 2.75) is 19.8 Å². The van der Waals surface area contributed by atoms with Crippen LogP contribution in [0.15, 0.2) is 66.7 Å². The standard InChI is InChI=1S/C24H25N5O2/c1-17(30)25-20-9-11-21(12-10-20)26-24(31)19-8-5-15-29(16-19)23-14-13-22(27-28-23)18-6-3-2-4-7-18/h2-4,6-7,9-14,19H,5,8,15-16H2,1H3,(H,25,30)(H,26,31). The summed E-state index contributed by atoms with van der Waals surface area (Å²) in [6, 6.07) is 21.0. The van der Waals surface area contributed by atoms with Crippen LogP contribution in [-0.2, 0) is 9.59 Å². The molecule has 2 amide bonds. The highest BCUT2D eigenvalue weighted by Crippen LogP contribution is 2.24. The Bertz CT molecular complexity index is 1040. The van der Waals surface area contributed by atoms with Crippen molar-refractivity contribution in [1.29, 1.82) is 0 Å². The molecule has 31 heavy (non-hydrogen) atoms. The van der Waals surface area contributed by atoms with Crippen LogP contribution < -0.4 is 15.5 Å². The average molecular weight is 415 g/mol. The summed E-state index contributed by atoms with van der Waals surface area (Å²) in [5, 5.41) is 14.5. The van der Waals surface area contributed by atoms with Gasteiger partial charge in [-0.15, -0.1) is 10.2 Å². The van der Waals surface area contributed by atoms with Crippen LogP contribution in [0.3, 0.4) is 0 Å². The lowest BCUT2D eigenvalue weighted by Gasteiger charge is -2.32. The zero-order valence-electron chi connectivity index (χ0n) is 17.4. The maximum absolute atomic E-state index is 12.8. The third-order valence-corrected chi connectivity index (χ3v) is 5.31. The Hall–Kier alpha value is -3.74. The summed E-state index contributed by atoms with van der Waals surface area (Å²) >= 11 is 0. The number of carbonyl (C=O) groups excluding carboxylic acids is 2. The van der Waals surface area contributed by atoms with E-state index in [1.165, 1.54) is 6.92 Å². The van der Waals surface area contributed by atoms with Crippen molar-refractivity contribution in [3.63, 3.8) is 0 Å². The molecule has 2 aromatic carbocycles. The van der Waals surface area contributed by atoms with E-state index in [1.807, 2.05) is 42.5 Å². The van der Waals surface area contributed by atoms with Gasteiger partial charge in [0.05, 0.1) is 11.6 Å². The van der Waals surface area contributed by atoms with Crippen molar-refractivity contribution >= 4 is 29.0 Å². The van der Waals surface area contributed by atoms with Crippen LogP contribution >= 0.6 is 0 Å². The molecule has 2 heterocycles. The molecule has 0 saturated carbocycles. The summed E-state index contributed by atoms with van der Waals surface area (Å²) < 4.78 is 0. The second-order valence-electron chi connectivity index (χ2n) is 7.68. The Morgan fingerprint density at radius 3 is 2.26 bits per heavy atom. The minimum atomic E-state index is -0.126. The zero-order valence-corrected chi connectivity index (χ0v) is 17.4. The van der Waals surface area contributed by atoms with E-state index < -0.39 is 0 Å². The molecule has 3 aromatic rings. The van der Waals surface area contributed by atoms with Gasteiger partial charge in [0.1, 0.15) is 0 Å². The fourth-order valence-electron chi connectivity index (χ4n) is 3.74. The number of benzene rings is 2. The van der Waals surface area contributed by atoms with E-state index in [9.17, 15) is 9.59 Å². The van der Waals surface area contributed by atoms with Crippen molar-refractivity contribution < 1.29 is 9.59 Å². The molecule has 158 valence electrons. The lowest BCUT2D eigenvalue weighted by atomic mass is 9.97. The lowest BCUT2D eigenvalue weighted by molar-refractivity contribution is -0.120. The van der Waals surface area contributed by atoms with Gasteiger partial charge in [-0.1, -0.05) is 30.3 Å². The predicted molar refractivity (Wildman–Crippen MR) is 122 cm³/mol. The molecule has 2 N–H and O–H groups in total. The second kappa shape index (κ2) is 9.38. The number of piperidine rings is 1. The maximum Gasteiger partial charge on any atom is 0.229 e. The van der Waals surface area contributed by atoms with E-state index in [1.54, 1.807) is 24.3 Å². The second-order valence-corrected chi connectivity index (χ2v) is 7.68. The van der Waals surface area contributed by atoms with Crippen molar-refractivity contribution in [2.75, 3.05) is 28.6 Å². The number of amides is 2. The lowest BCUT2D eigenvalue weighted by Crippen LogP contribution is -2.41. The van der Waals surface area contributed by atoms with Crippen molar-refractivity contribution in [3.8, 4) is 11.3 Å². The molecule has 1 fully saturated rings. The number of hydrogen-bond donors (Lipinski definition) is 2. The predicted octanol–water partition coefficient (Wildman–Crippen LogP) is 3.96. The van der Waals surface area contributed by atoms with Gasteiger partial charge in [-0.2, -0.15) is 0 Å². The van der Waals surface area contributed by atoms with Crippen LogP contribution in [0.4, 0.5) is 17.2 Å². The van der Waals surface area contributed by atoms with Gasteiger partial charge in [0.2, 0.25) is 11.8 Å². The van der Waals surface area contributed by atoms with Crippen molar-refractivity contribution in [2.24, 2.45) is 5.92 Å². The Morgan fingerprint density at radius 2 is 1.61 bits per heavy atom. The van der Waals surface area contributed by atoms with Crippen LogP contribution in [0.5, 0.6) is 0 Å². The maximum atomic E-state index is 12.8. The fourth-order valence-corrected chi connectivity index (χ4v) is 3.74. The minimum Gasteiger partial charge on any atom is -0.354 e. The van der Waals surface area contributed by atoms with Gasteiger partial charge in [0.25, 0.3) is 0 Å². The van der Waals surface area contributed by atoms with Crippen molar-refractivity contribution in [1.82, 2.24) is 10.2 Å². The third-order valence-electron chi connectivity index (χ3n) is 5.31. The quantitative estimate of drug-likeness (QED) is 0.659. The summed E-state index contributed by atoms with van der Waals surface area (Å²) in [6.07, 6.45) is 1.75. The number of anilines is 3. The number of carbonyl (C=O) groups is 2. The molecule has 1 aliphatic heterocycles. The molecule has 1 aliphatic rings. The van der Waals surface area contributed by atoms with Crippen LogP contribution in [0.1, 0.15) is 19.8 Å². The Labute approximate surface area is 181 Å². The molecule has 0 spiro atoms. The number of aromatic nitrogens is 2. The van der Waals surface area contributed by atoms with Gasteiger partial charge in [-0.3, -0.25) is 9.59 Å². The monoisotopic (exact) mass is 415 g/mol. The molecule has 0 radical (unpaired) electrons. The SMILES string of the molecule is CC(=O)Nc1ccc(NC(=O)C2CCCN(c3ccc(-c4ccccc4)nn3)C2)cc1. The van der Waals surface area contributed by atoms with E-state index in [-0.39, 0.29) is 17.7 Å². The summed E-state index contributed by atoms with van der Waals surface area (Å²) in [5.74, 6) is 0.529. The highest BCUT2D eigenvalue weighted by atomic mass is 16.2. The highest BCUT2D eigenvalue weighted by molar-refractivity contribution is 5.94.